The van der Waals surface area contributed by atoms with Gasteiger partial charge in [-0.15, -0.1) is 0 Å². The van der Waals surface area contributed by atoms with Crippen molar-refractivity contribution in [3.8, 4) is 0 Å². The maximum Gasteiger partial charge on any atom is 0.0521 e. The van der Waals surface area contributed by atoms with Gasteiger partial charge in [0, 0.05) is 31.7 Å². The molecule has 0 aromatic rings. The molecule has 1 aliphatic rings. The van der Waals surface area contributed by atoms with Crippen LogP contribution in [0.1, 0.15) is 26.7 Å². The van der Waals surface area contributed by atoms with Gasteiger partial charge >= 0.3 is 0 Å². The second-order valence-corrected chi connectivity index (χ2v) is 5.02. The molecule has 0 aliphatic carbocycles. The van der Waals surface area contributed by atoms with Gasteiger partial charge in [0.05, 0.1) is 6.61 Å². The Hall–Kier alpha value is -0.120. The molecule has 1 saturated heterocycles. The SMILES string of the molecule is CCC(C)CN(C)CC1COCCC1N. The number of nitrogens with zero attached hydrogens (tertiary/aromatic N) is 1. The highest BCUT2D eigenvalue weighted by atomic mass is 16.5. The number of rotatable bonds is 5. The van der Waals surface area contributed by atoms with Gasteiger partial charge < -0.3 is 15.4 Å². The quantitative estimate of drug-likeness (QED) is 0.750. The van der Waals surface area contributed by atoms with Gasteiger partial charge in [-0.1, -0.05) is 20.3 Å². The third-order valence-corrected chi connectivity index (χ3v) is 3.40. The van der Waals surface area contributed by atoms with Crippen molar-refractivity contribution in [2.75, 3.05) is 33.4 Å². The van der Waals surface area contributed by atoms with Gasteiger partial charge in [-0.2, -0.15) is 0 Å². The van der Waals surface area contributed by atoms with Crippen LogP contribution in [0.25, 0.3) is 0 Å². The lowest BCUT2D eigenvalue weighted by Gasteiger charge is -2.32. The fourth-order valence-electron chi connectivity index (χ4n) is 2.14. The van der Waals surface area contributed by atoms with Crippen LogP contribution in [0.2, 0.25) is 0 Å². The van der Waals surface area contributed by atoms with Crippen molar-refractivity contribution >= 4 is 0 Å². The second kappa shape index (κ2) is 6.46. The summed E-state index contributed by atoms with van der Waals surface area (Å²) < 4.78 is 5.48. The number of nitrogens with two attached hydrogens (primary N) is 1. The molecule has 0 saturated carbocycles. The summed E-state index contributed by atoms with van der Waals surface area (Å²) in [5.74, 6) is 1.29. The third kappa shape index (κ3) is 4.49. The van der Waals surface area contributed by atoms with E-state index in [2.05, 4.69) is 25.8 Å². The van der Waals surface area contributed by atoms with E-state index in [1.54, 1.807) is 0 Å². The van der Waals surface area contributed by atoms with Gasteiger partial charge in [-0.05, 0) is 19.4 Å². The minimum absolute atomic E-state index is 0.332. The van der Waals surface area contributed by atoms with E-state index in [9.17, 15) is 0 Å². The standard InChI is InChI=1S/C12H26N2O/c1-4-10(2)7-14(3)8-11-9-15-6-5-12(11)13/h10-12H,4-9,13H2,1-3H3. The van der Waals surface area contributed by atoms with Gasteiger partial charge in [-0.3, -0.25) is 0 Å². The monoisotopic (exact) mass is 214 g/mol. The molecule has 3 unspecified atom stereocenters. The van der Waals surface area contributed by atoms with Crippen molar-refractivity contribution in [1.82, 2.24) is 4.90 Å². The molecule has 3 nitrogen and oxygen atoms in total. The summed E-state index contributed by atoms with van der Waals surface area (Å²) in [7, 11) is 2.19. The zero-order chi connectivity index (χ0) is 11.3. The van der Waals surface area contributed by atoms with E-state index in [0.29, 0.717) is 12.0 Å². The number of ether oxygens (including phenoxy) is 1. The second-order valence-electron chi connectivity index (χ2n) is 5.02. The highest BCUT2D eigenvalue weighted by molar-refractivity contribution is 4.78. The van der Waals surface area contributed by atoms with Crippen LogP contribution in [0.15, 0.2) is 0 Å². The van der Waals surface area contributed by atoms with Crippen LogP contribution in [0.5, 0.6) is 0 Å². The van der Waals surface area contributed by atoms with Gasteiger partial charge in [0.1, 0.15) is 0 Å². The fourth-order valence-corrected chi connectivity index (χ4v) is 2.14. The van der Waals surface area contributed by atoms with Crippen LogP contribution < -0.4 is 5.73 Å². The van der Waals surface area contributed by atoms with E-state index in [0.717, 1.165) is 32.1 Å². The summed E-state index contributed by atoms with van der Waals surface area (Å²) in [5, 5.41) is 0. The minimum atomic E-state index is 0.332. The molecular weight excluding hydrogens is 188 g/mol. The van der Waals surface area contributed by atoms with Gasteiger partial charge in [-0.25, -0.2) is 0 Å². The van der Waals surface area contributed by atoms with Crippen LogP contribution >= 0.6 is 0 Å². The van der Waals surface area contributed by atoms with E-state index < -0.39 is 0 Å². The molecule has 0 amide bonds. The van der Waals surface area contributed by atoms with E-state index >= 15 is 0 Å². The molecule has 90 valence electrons. The van der Waals surface area contributed by atoms with Crippen molar-refractivity contribution in [2.45, 2.75) is 32.7 Å². The zero-order valence-electron chi connectivity index (χ0n) is 10.4. The van der Waals surface area contributed by atoms with Crippen molar-refractivity contribution in [3.05, 3.63) is 0 Å². The lowest BCUT2D eigenvalue weighted by atomic mass is 9.96. The normalized spacial score (nSPS) is 29.4. The highest BCUT2D eigenvalue weighted by Gasteiger charge is 2.23. The Morgan fingerprint density at radius 3 is 2.87 bits per heavy atom. The molecule has 1 fully saturated rings. The maximum absolute atomic E-state index is 6.08. The first-order chi connectivity index (χ1) is 7.13. The van der Waals surface area contributed by atoms with Crippen molar-refractivity contribution in [1.29, 1.82) is 0 Å². The smallest absolute Gasteiger partial charge is 0.0521 e. The van der Waals surface area contributed by atoms with Gasteiger partial charge in [0.15, 0.2) is 0 Å². The molecule has 2 N–H and O–H groups in total. The molecule has 1 aliphatic heterocycles. The number of hydrogen-bond donors (Lipinski definition) is 1. The topological polar surface area (TPSA) is 38.5 Å². The fraction of sp³-hybridized carbons (Fsp3) is 1.00. The summed E-state index contributed by atoms with van der Waals surface area (Å²) in [4.78, 5) is 2.40. The average molecular weight is 214 g/mol. The summed E-state index contributed by atoms with van der Waals surface area (Å²) in [6.07, 6.45) is 2.26. The molecule has 0 spiro atoms. The molecule has 1 heterocycles. The summed E-state index contributed by atoms with van der Waals surface area (Å²) in [5.41, 5.74) is 6.08. The lowest BCUT2D eigenvalue weighted by Crippen LogP contribution is -2.45. The Kier molecular flexibility index (Phi) is 5.58. The number of hydrogen-bond acceptors (Lipinski definition) is 3. The molecular formula is C12H26N2O. The van der Waals surface area contributed by atoms with Gasteiger partial charge in [0.25, 0.3) is 0 Å². The summed E-state index contributed by atoms with van der Waals surface area (Å²) in [6, 6.07) is 0.332. The highest BCUT2D eigenvalue weighted by Crippen LogP contribution is 2.14. The van der Waals surface area contributed by atoms with Gasteiger partial charge in [0.2, 0.25) is 0 Å². The first-order valence-corrected chi connectivity index (χ1v) is 6.15. The molecule has 3 atom stereocenters. The predicted molar refractivity (Wildman–Crippen MR) is 63.9 cm³/mol. The summed E-state index contributed by atoms with van der Waals surface area (Å²) in [6.45, 7) is 8.46. The molecule has 15 heavy (non-hydrogen) atoms. The van der Waals surface area contributed by atoms with Crippen LogP contribution in [0.4, 0.5) is 0 Å². The van der Waals surface area contributed by atoms with Crippen molar-refractivity contribution in [2.24, 2.45) is 17.6 Å². The Labute approximate surface area is 94.0 Å². The van der Waals surface area contributed by atoms with E-state index in [-0.39, 0.29) is 0 Å². The zero-order valence-corrected chi connectivity index (χ0v) is 10.4. The van der Waals surface area contributed by atoms with Crippen LogP contribution in [0.3, 0.4) is 0 Å². The predicted octanol–water partition coefficient (Wildman–Crippen LogP) is 1.33. The molecule has 3 heteroatoms. The first kappa shape index (κ1) is 12.9. The van der Waals surface area contributed by atoms with Crippen molar-refractivity contribution in [3.63, 3.8) is 0 Å². The molecule has 0 bridgehead atoms. The van der Waals surface area contributed by atoms with Crippen LogP contribution in [-0.4, -0.2) is 44.3 Å². The Balaban J connectivity index is 2.26. The molecule has 0 aromatic carbocycles. The minimum Gasteiger partial charge on any atom is -0.381 e. The van der Waals surface area contributed by atoms with Crippen LogP contribution in [0, 0.1) is 11.8 Å². The first-order valence-electron chi connectivity index (χ1n) is 6.15. The largest absolute Gasteiger partial charge is 0.381 e. The lowest BCUT2D eigenvalue weighted by molar-refractivity contribution is 0.0279. The van der Waals surface area contributed by atoms with Crippen molar-refractivity contribution < 1.29 is 4.74 Å². The van der Waals surface area contributed by atoms with E-state index in [1.807, 2.05) is 0 Å². The Bertz CT molecular complexity index is 175. The Morgan fingerprint density at radius 2 is 2.27 bits per heavy atom. The maximum atomic E-state index is 6.08. The molecule has 0 aromatic heterocycles. The molecule has 1 rings (SSSR count). The van der Waals surface area contributed by atoms with E-state index in [1.165, 1.54) is 13.0 Å². The van der Waals surface area contributed by atoms with E-state index in [4.69, 9.17) is 10.5 Å². The van der Waals surface area contributed by atoms with Crippen LogP contribution in [-0.2, 0) is 4.74 Å². The third-order valence-electron chi connectivity index (χ3n) is 3.40. The average Bonchev–Trinajstić information content (AvgIpc) is 2.21. The summed E-state index contributed by atoms with van der Waals surface area (Å²) >= 11 is 0. The Morgan fingerprint density at radius 1 is 1.53 bits per heavy atom. The molecule has 0 radical (unpaired) electrons.